The standard InChI is InChI=1S/C24H26F2N4OS/c25-24(26)9-12-30(13-10-24)20(21-15-29-23(32-21)16-4-1-5-16)14-28-22(31)18-6-2-8-19-17(18)7-3-11-27-19/h2-3,6-8,11,15-16,20H,1,4-5,9-10,12-14H2,(H,28,31). The average molecular weight is 457 g/mol. The number of piperidine rings is 1. The molecule has 5 nitrogen and oxygen atoms in total. The Balaban J connectivity index is 1.35. The van der Waals surface area contributed by atoms with Crippen LogP contribution < -0.4 is 5.32 Å². The van der Waals surface area contributed by atoms with Gasteiger partial charge in [0.2, 0.25) is 0 Å². The highest BCUT2D eigenvalue weighted by atomic mass is 32.1. The predicted molar refractivity (Wildman–Crippen MR) is 121 cm³/mol. The number of nitrogens with one attached hydrogen (secondary N) is 1. The van der Waals surface area contributed by atoms with E-state index in [1.807, 2.05) is 30.5 Å². The minimum Gasteiger partial charge on any atom is -0.350 e. The molecule has 1 amide bonds. The Labute approximate surface area is 189 Å². The van der Waals surface area contributed by atoms with Crippen molar-refractivity contribution in [3.63, 3.8) is 0 Å². The van der Waals surface area contributed by atoms with E-state index in [2.05, 4.69) is 20.2 Å². The molecule has 1 aliphatic carbocycles. The highest BCUT2D eigenvalue weighted by Gasteiger charge is 2.37. The number of halogens is 2. The van der Waals surface area contributed by atoms with Crippen LogP contribution in [0, 0.1) is 0 Å². The Morgan fingerprint density at radius 2 is 2.00 bits per heavy atom. The highest BCUT2D eigenvalue weighted by molar-refractivity contribution is 7.11. The number of carbonyl (C=O) groups excluding carboxylic acids is 1. The van der Waals surface area contributed by atoms with Crippen molar-refractivity contribution in [1.82, 2.24) is 20.2 Å². The van der Waals surface area contributed by atoms with E-state index < -0.39 is 5.92 Å². The summed E-state index contributed by atoms with van der Waals surface area (Å²) in [5.74, 6) is -2.26. The predicted octanol–water partition coefficient (Wildman–Crippen LogP) is 5.16. The molecule has 8 heteroatoms. The summed E-state index contributed by atoms with van der Waals surface area (Å²) in [6, 6.07) is 9.03. The minimum absolute atomic E-state index is 0.152. The highest BCUT2D eigenvalue weighted by Crippen LogP contribution is 2.40. The molecule has 1 N–H and O–H groups in total. The molecule has 0 bridgehead atoms. The molecular formula is C24H26F2N4OS. The number of likely N-dealkylation sites (tertiary alicyclic amines) is 1. The van der Waals surface area contributed by atoms with Gasteiger partial charge in [-0.1, -0.05) is 18.6 Å². The van der Waals surface area contributed by atoms with Crippen LogP contribution >= 0.6 is 11.3 Å². The van der Waals surface area contributed by atoms with Crippen molar-refractivity contribution < 1.29 is 13.6 Å². The summed E-state index contributed by atoms with van der Waals surface area (Å²) in [6.07, 6.45) is 6.85. The Hall–Kier alpha value is -2.45. The number of hydrogen-bond acceptors (Lipinski definition) is 5. The molecule has 1 aliphatic heterocycles. The van der Waals surface area contributed by atoms with Crippen LogP contribution in [0.4, 0.5) is 8.78 Å². The van der Waals surface area contributed by atoms with Gasteiger partial charge in [-0.05, 0) is 31.0 Å². The van der Waals surface area contributed by atoms with Gasteiger partial charge in [0.1, 0.15) is 0 Å². The number of nitrogens with zero attached hydrogens (tertiary/aromatic N) is 3. The van der Waals surface area contributed by atoms with Crippen molar-refractivity contribution in [3.8, 4) is 0 Å². The monoisotopic (exact) mass is 456 g/mol. The lowest BCUT2D eigenvalue weighted by Crippen LogP contribution is -2.44. The average Bonchev–Trinajstić information content (AvgIpc) is 3.22. The summed E-state index contributed by atoms with van der Waals surface area (Å²) in [7, 11) is 0. The molecule has 2 aromatic heterocycles. The molecule has 1 saturated carbocycles. The van der Waals surface area contributed by atoms with Crippen LogP contribution in [-0.4, -0.2) is 46.3 Å². The largest absolute Gasteiger partial charge is 0.350 e. The van der Waals surface area contributed by atoms with E-state index in [-0.39, 0.29) is 24.8 Å². The number of amides is 1. The van der Waals surface area contributed by atoms with Gasteiger partial charge in [0.25, 0.3) is 11.8 Å². The van der Waals surface area contributed by atoms with Gasteiger partial charge < -0.3 is 5.32 Å². The number of fused-ring (bicyclic) bond motifs is 1. The van der Waals surface area contributed by atoms with E-state index in [4.69, 9.17) is 0 Å². The van der Waals surface area contributed by atoms with E-state index >= 15 is 0 Å². The van der Waals surface area contributed by atoms with Gasteiger partial charge in [-0.3, -0.25) is 14.7 Å². The molecule has 32 heavy (non-hydrogen) atoms. The van der Waals surface area contributed by atoms with Gasteiger partial charge >= 0.3 is 0 Å². The Kier molecular flexibility index (Phi) is 5.90. The fraction of sp³-hybridized carbons (Fsp3) is 0.458. The zero-order valence-corrected chi connectivity index (χ0v) is 18.6. The fourth-order valence-corrected chi connectivity index (χ4v) is 5.68. The second kappa shape index (κ2) is 8.83. The summed E-state index contributed by atoms with van der Waals surface area (Å²) >= 11 is 1.67. The van der Waals surface area contributed by atoms with Crippen LogP contribution in [-0.2, 0) is 0 Å². The molecule has 168 valence electrons. The van der Waals surface area contributed by atoms with Crippen LogP contribution in [0.5, 0.6) is 0 Å². The summed E-state index contributed by atoms with van der Waals surface area (Å²) in [5.41, 5.74) is 1.33. The zero-order chi connectivity index (χ0) is 22.1. The summed E-state index contributed by atoms with van der Waals surface area (Å²) in [5, 5.41) is 4.98. The summed E-state index contributed by atoms with van der Waals surface area (Å²) in [6.45, 7) is 0.970. The van der Waals surface area contributed by atoms with E-state index in [0.29, 0.717) is 31.1 Å². The molecule has 0 radical (unpaired) electrons. The second-order valence-corrected chi connectivity index (χ2v) is 9.82. The fourth-order valence-electron chi connectivity index (χ4n) is 4.46. The zero-order valence-electron chi connectivity index (χ0n) is 17.8. The van der Waals surface area contributed by atoms with Crippen LogP contribution in [0.1, 0.15) is 64.3 Å². The van der Waals surface area contributed by atoms with Crippen molar-refractivity contribution in [2.24, 2.45) is 0 Å². The molecule has 2 aliphatic rings. The van der Waals surface area contributed by atoms with Gasteiger partial charge in [0, 0.05) is 66.6 Å². The molecular weight excluding hydrogens is 430 g/mol. The quantitative estimate of drug-likeness (QED) is 0.557. The molecule has 1 unspecified atom stereocenters. The van der Waals surface area contributed by atoms with E-state index in [0.717, 1.165) is 20.8 Å². The first-order valence-corrected chi connectivity index (χ1v) is 12.0. The first kappa shape index (κ1) is 21.4. The van der Waals surface area contributed by atoms with Gasteiger partial charge in [-0.15, -0.1) is 11.3 Å². The van der Waals surface area contributed by atoms with Crippen molar-refractivity contribution in [1.29, 1.82) is 0 Å². The smallest absolute Gasteiger partial charge is 0.252 e. The Morgan fingerprint density at radius 3 is 2.75 bits per heavy atom. The number of hydrogen-bond donors (Lipinski definition) is 1. The minimum atomic E-state index is -2.61. The van der Waals surface area contributed by atoms with Crippen LogP contribution in [0.25, 0.3) is 10.9 Å². The lowest BCUT2D eigenvalue weighted by Gasteiger charge is -2.37. The second-order valence-electron chi connectivity index (χ2n) is 8.72. The van der Waals surface area contributed by atoms with Gasteiger partial charge in [-0.2, -0.15) is 0 Å². The first-order chi connectivity index (χ1) is 15.5. The maximum absolute atomic E-state index is 13.8. The lowest BCUT2D eigenvalue weighted by molar-refractivity contribution is -0.0629. The SMILES string of the molecule is O=C(NCC(c1cnc(C2CCC2)s1)N1CCC(F)(F)CC1)c1cccc2ncccc12. The van der Waals surface area contributed by atoms with Crippen LogP contribution in [0.2, 0.25) is 0 Å². The normalized spacial score (nSPS) is 20.1. The number of pyridine rings is 1. The number of thiazole rings is 1. The maximum atomic E-state index is 13.8. The third-order valence-electron chi connectivity index (χ3n) is 6.64. The van der Waals surface area contributed by atoms with E-state index in [1.165, 1.54) is 19.3 Å². The number of aromatic nitrogens is 2. The number of carbonyl (C=O) groups is 1. The molecule has 1 aromatic carbocycles. The molecule has 1 saturated heterocycles. The van der Waals surface area contributed by atoms with Gasteiger partial charge in [-0.25, -0.2) is 13.8 Å². The molecule has 5 rings (SSSR count). The molecule has 0 spiro atoms. The van der Waals surface area contributed by atoms with Crippen molar-refractivity contribution >= 4 is 28.1 Å². The van der Waals surface area contributed by atoms with Crippen molar-refractivity contribution in [2.75, 3.05) is 19.6 Å². The third kappa shape index (κ3) is 4.38. The Bertz CT molecular complexity index is 1100. The number of benzene rings is 1. The Morgan fingerprint density at radius 1 is 1.19 bits per heavy atom. The molecule has 2 fully saturated rings. The van der Waals surface area contributed by atoms with Crippen LogP contribution in [0.15, 0.2) is 42.7 Å². The van der Waals surface area contributed by atoms with Gasteiger partial charge in [0.15, 0.2) is 0 Å². The van der Waals surface area contributed by atoms with Crippen molar-refractivity contribution in [3.05, 3.63) is 58.2 Å². The van der Waals surface area contributed by atoms with Crippen molar-refractivity contribution in [2.45, 2.75) is 50.0 Å². The third-order valence-corrected chi connectivity index (χ3v) is 7.90. The number of alkyl halides is 2. The van der Waals surface area contributed by atoms with Crippen LogP contribution in [0.3, 0.4) is 0 Å². The van der Waals surface area contributed by atoms with Gasteiger partial charge in [0.05, 0.1) is 16.6 Å². The first-order valence-electron chi connectivity index (χ1n) is 11.2. The molecule has 1 atom stereocenters. The van der Waals surface area contributed by atoms with E-state index in [1.54, 1.807) is 23.6 Å². The molecule has 3 heterocycles. The topological polar surface area (TPSA) is 58.1 Å². The van der Waals surface area contributed by atoms with E-state index in [9.17, 15) is 13.6 Å². The number of rotatable bonds is 6. The summed E-state index contributed by atoms with van der Waals surface area (Å²) < 4.78 is 27.6. The molecule has 3 aromatic rings. The maximum Gasteiger partial charge on any atom is 0.252 e. The summed E-state index contributed by atoms with van der Waals surface area (Å²) in [4.78, 5) is 25.1. The lowest BCUT2D eigenvalue weighted by atomic mass is 9.86.